The van der Waals surface area contributed by atoms with Gasteiger partial charge in [-0.15, -0.1) is 0 Å². The van der Waals surface area contributed by atoms with Crippen molar-refractivity contribution in [3.8, 4) is 11.1 Å². The first-order valence-corrected chi connectivity index (χ1v) is 11.8. The summed E-state index contributed by atoms with van der Waals surface area (Å²) < 4.78 is 37.9. The fraction of sp³-hybridized carbons (Fsp3) is 0.391. The van der Waals surface area contributed by atoms with Crippen LogP contribution >= 0.6 is 0 Å². The van der Waals surface area contributed by atoms with Crippen LogP contribution in [0.1, 0.15) is 41.5 Å². The smallest absolute Gasteiger partial charge is 0.412 e. The van der Waals surface area contributed by atoms with E-state index in [1.807, 2.05) is 0 Å². The van der Waals surface area contributed by atoms with Gasteiger partial charge in [-0.3, -0.25) is 10.6 Å². The number of benzene rings is 2. The first-order valence-electron chi connectivity index (χ1n) is 10.3. The van der Waals surface area contributed by atoms with Crippen molar-refractivity contribution in [3.63, 3.8) is 0 Å². The molecule has 9 nitrogen and oxygen atoms in total. The molecule has 2 aromatic carbocycles. The van der Waals surface area contributed by atoms with Gasteiger partial charge in [-0.25, -0.2) is 22.7 Å². The molecular formula is C23H31N3O6S. The summed E-state index contributed by atoms with van der Waals surface area (Å²) in [5.74, 6) is 0. The number of carbonyl (C=O) groups is 2. The van der Waals surface area contributed by atoms with Crippen LogP contribution in [-0.4, -0.2) is 38.9 Å². The van der Waals surface area contributed by atoms with Crippen molar-refractivity contribution in [1.29, 1.82) is 0 Å². The minimum absolute atomic E-state index is 0.0727. The minimum Gasteiger partial charge on any atom is -0.444 e. The normalized spacial score (nSPS) is 12.1. The highest BCUT2D eigenvalue weighted by molar-refractivity contribution is 7.89. The van der Waals surface area contributed by atoms with E-state index in [1.165, 1.54) is 13.1 Å². The van der Waals surface area contributed by atoms with E-state index < -0.39 is 33.4 Å². The summed E-state index contributed by atoms with van der Waals surface area (Å²) in [4.78, 5) is 24.8. The first-order chi connectivity index (χ1) is 15.1. The van der Waals surface area contributed by atoms with Crippen molar-refractivity contribution in [2.24, 2.45) is 0 Å². The maximum atomic E-state index is 12.5. The quantitative estimate of drug-likeness (QED) is 0.560. The standard InChI is InChI=1S/C23H31N3O6S/c1-22(2,3)31-20(27)25-17-13-12-15(14-18(17)26-21(28)32-23(4,5)6)16-10-8-9-11-19(16)33(29,30)24-7/h8-14,24H,1-7H3,(H,25,27)(H,26,28). The molecule has 2 rings (SSSR count). The van der Waals surface area contributed by atoms with Crippen LogP contribution in [0.2, 0.25) is 0 Å². The zero-order valence-electron chi connectivity index (χ0n) is 19.9. The number of nitrogens with one attached hydrogen (secondary N) is 3. The molecule has 0 heterocycles. The highest BCUT2D eigenvalue weighted by Crippen LogP contribution is 2.33. The van der Waals surface area contributed by atoms with E-state index in [1.54, 1.807) is 77.9 Å². The molecule has 0 aliphatic rings. The third kappa shape index (κ3) is 7.76. The van der Waals surface area contributed by atoms with Crippen molar-refractivity contribution in [3.05, 3.63) is 42.5 Å². The number of amides is 2. The summed E-state index contributed by atoms with van der Waals surface area (Å²) in [6.07, 6.45) is -1.44. The molecule has 0 aliphatic heterocycles. The molecule has 2 aromatic rings. The van der Waals surface area contributed by atoms with E-state index in [2.05, 4.69) is 15.4 Å². The monoisotopic (exact) mass is 477 g/mol. The first kappa shape index (κ1) is 26.1. The van der Waals surface area contributed by atoms with Gasteiger partial charge in [0.1, 0.15) is 11.2 Å². The van der Waals surface area contributed by atoms with E-state index in [4.69, 9.17) is 9.47 Å². The van der Waals surface area contributed by atoms with E-state index >= 15 is 0 Å². The van der Waals surface area contributed by atoms with Crippen LogP contribution in [0.4, 0.5) is 21.0 Å². The molecule has 0 unspecified atom stereocenters. The lowest BCUT2D eigenvalue weighted by Crippen LogP contribution is -2.29. The lowest BCUT2D eigenvalue weighted by atomic mass is 10.0. The van der Waals surface area contributed by atoms with Gasteiger partial charge in [-0.05, 0) is 72.4 Å². The Hall–Kier alpha value is -3.11. The Labute approximate surface area is 194 Å². The van der Waals surface area contributed by atoms with Crippen LogP contribution in [-0.2, 0) is 19.5 Å². The summed E-state index contributed by atoms with van der Waals surface area (Å²) in [5, 5.41) is 5.23. The Bertz CT molecular complexity index is 1130. The van der Waals surface area contributed by atoms with Gasteiger partial charge in [-0.2, -0.15) is 0 Å². The van der Waals surface area contributed by atoms with Crippen LogP contribution in [0.5, 0.6) is 0 Å². The summed E-state index contributed by atoms with van der Waals surface area (Å²) in [5.41, 5.74) is -0.0674. The van der Waals surface area contributed by atoms with E-state index in [0.717, 1.165) is 0 Å². The fourth-order valence-corrected chi connectivity index (χ4v) is 3.75. The number of hydrogen-bond donors (Lipinski definition) is 3. The predicted octanol–water partition coefficient (Wildman–Crippen LogP) is 4.96. The molecule has 0 saturated carbocycles. The average Bonchev–Trinajstić information content (AvgIpc) is 2.66. The predicted molar refractivity (Wildman–Crippen MR) is 128 cm³/mol. The third-order valence-electron chi connectivity index (χ3n) is 4.05. The van der Waals surface area contributed by atoms with Crippen LogP contribution in [0.3, 0.4) is 0 Å². The number of ether oxygens (including phenoxy) is 2. The van der Waals surface area contributed by atoms with Crippen molar-refractivity contribution < 1.29 is 27.5 Å². The topological polar surface area (TPSA) is 123 Å². The molecule has 0 radical (unpaired) electrons. The second-order valence-corrected chi connectivity index (χ2v) is 11.1. The fourth-order valence-electron chi connectivity index (χ4n) is 2.80. The lowest BCUT2D eigenvalue weighted by molar-refractivity contribution is 0.0621. The number of anilines is 2. The van der Waals surface area contributed by atoms with E-state index in [-0.39, 0.29) is 16.3 Å². The van der Waals surface area contributed by atoms with Gasteiger partial charge >= 0.3 is 12.2 Å². The second kappa shape index (κ2) is 9.80. The van der Waals surface area contributed by atoms with Crippen LogP contribution in [0, 0.1) is 0 Å². The van der Waals surface area contributed by atoms with Gasteiger partial charge in [-0.1, -0.05) is 24.3 Å². The van der Waals surface area contributed by atoms with E-state index in [9.17, 15) is 18.0 Å². The van der Waals surface area contributed by atoms with Crippen LogP contribution in [0.15, 0.2) is 47.4 Å². The molecule has 10 heteroatoms. The Morgan fingerprint density at radius 1 is 0.788 bits per heavy atom. The minimum atomic E-state index is -3.74. The molecule has 0 aromatic heterocycles. The molecule has 0 saturated heterocycles. The zero-order chi connectivity index (χ0) is 25.0. The highest BCUT2D eigenvalue weighted by atomic mass is 32.2. The number of carbonyl (C=O) groups excluding carboxylic acids is 2. The average molecular weight is 478 g/mol. The number of hydrogen-bond acceptors (Lipinski definition) is 6. The molecule has 0 aliphatic carbocycles. The highest BCUT2D eigenvalue weighted by Gasteiger charge is 2.22. The van der Waals surface area contributed by atoms with Crippen LogP contribution in [0.25, 0.3) is 11.1 Å². The molecular weight excluding hydrogens is 446 g/mol. The molecule has 3 N–H and O–H groups in total. The van der Waals surface area contributed by atoms with Gasteiger partial charge in [0.05, 0.1) is 16.3 Å². The Morgan fingerprint density at radius 2 is 1.30 bits per heavy atom. The third-order valence-corrected chi connectivity index (χ3v) is 5.52. The number of sulfonamides is 1. The Morgan fingerprint density at radius 3 is 1.82 bits per heavy atom. The SMILES string of the molecule is CNS(=O)(=O)c1ccccc1-c1ccc(NC(=O)OC(C)(C)C)c(NC(=O)OC(C)(C)C)c1. The largest absolute Gasteiger partial charge is 0.444 e. The molecule has 0 atom stereocenters. The maximum Gasteiger partial charge on any atom is 0.412 e. The Kier molecular flexibility index (Phi) is 7.76. The summed E-state index contributed by atoms with van der Waals surface area (Å²) >= 11 is 0. The molecule has 180 valence electrons. The van der Waals surface area contributed by atoms with Gasteiger partial charge in [0.25, 0.3) is 0 Å². The molecule has 2 amide bonds. The molecule has 33 heavy (non-hydrogen) atoms. The lowest BCUT2D eigenvalue weighted by Gasteiger charge is -2.22. The van der Waals surface area contributed by atoms with Gasteiger partial charge in [0.15, 0.2) is 0 Å². The van der Waals surface area contributed by atoms with E-state index in [0.29, 0.717) is 11.1 Å². The van der Waals surface area contributed by atoms with Gasteiger partial charge in [0, 0.05) is 5.56 Å². The van der Waals surface area contributed by atoms with Crippen molar-refractivity contribution in [1.82, 2.24) is 4.72 Å². The summed E-state index contributed by atoms with van der Waals surface area (Å²) in [6, 6.07) is 11.2. The van der Waals surface area contributed by atoms with Crippen molar-refractivity contribution in [2.75, 3.05) is 17.7 Å². The maximum absolute atomic E-state index is 12.5. The van der Waals surface area contributed by atoms with Gasteiger partial charge in [0.2, 0.25) is 10.0 Å². The molecule has 0 fully saturated rings. The Balaban J connectivity index is 2.53. The van der Waals surface area contributed by atoms with Gasteiger partial charge < -0.3 is 9.47 Å². The molecule has 0 bridgehead atoms. The van der Waals surface area contributed by atoms with Crippen LogP contribution < -0.4 is 15.4 Å². The summed E-state index contributed by atoms with van der Waals surface area (Å²) in [7, 11) is -2.41. The van der Waals surface area contributed by atoms with Crippen molar-refractivity contribution >= 4 is 33.6 Å². The molecule has 0 spiro atoms. The second-order valence-electron chi connectivity index (χ2n) is 9.22. The zero-order valence-corrected chi connectivity index (χ0v) is 20.7. The van der Waals surface area contributed by atoms with Crippen molar-refractivity contribution in [2.45, 2.75) is 57.6 Å². The summed E-state index contributed by atoms with van der Waals surface area (Å²) in [6.45, 7) is 10.4. The number of rotatable bonds is 5.